The molecule has 1 amide bonds. The van der Waals surface area contributed by atoms with Gasteiger partial charge in [-0.05, 0) is 51.0 Å². The lowest BCUT2D eigenvalue weighted by Gasteiger charge is -2.26. The molecule has 1 unspecified atom stereocenters. The van der Waals surface area contributed by atoms with Crippen molar-refractivity contribution in [1.29, 1.82) is 0 Å². The molecule has 1 saturated heterocycles. The molecule has 1 aromatic carbocycles. The van der Waals surface area contributed by atoms with Gasteiger partial charge in [0, 0.05) is 34.6 Å². The Morgan fingerprint density at radius 3 is 2.59 bits per heavy atom. The number of hydrogen-bond acceptors (Lipinski definition) is 3. The summed E-state index contributed by atoms with van der Waals surface area (Å²) in [6, 6.07) is 3.93. The Hall–Kier alpha value is -0.564. The molecule has 2 radical (unpaired) electrons. The standard InChI is InChI=1S/C15H19ClFNO3.Mg/c1-14(2,3)21-13(19)18-5-4-15(20,9-18)10-6-11(16)8-12(17)7-10;/h6-8,20H,4-5,9H2,1-3H3;. The summed E-state index contributed by atoms with van der Waals surface area (Å²) in [4.78, 5) is 13.4. The van der Waals surface area contributed by atoms with Gasteiger partial charge in [-0.25, -0.2) is 9.18 Å². The van der Waals surface area contributed by atoms with Crippen LogP contribution in [0.3, 0.4) is 0 Å². The van der Waals surface area contributed by atoms with Gasteiger partial charge in [0.2, 0.25) is 0 Å². The molecule has 0 aromatic heterocycles. The third-order valence-corrected chi connectivity index (χ3v) is 3.52. The second-order valence-electron chi connectivity index (χ2n) is 6.34. The molecule has 22 heavy (non-hydrogen) atoms. The highest BCUT2D eigenvalue weighted by molar-refractivity contribution is 6.30. The first kappa shape index (κ1) is 19.5. The molecule has 1 heterocycles. The van der Waals surface area contributed by atoms with E-state index >= 15 is 0 Å². The number of likely N-dealkylation sites (tertiary alicyclic amines) is 1. The number of rotatable bonds is 1. The molecule has 7 heteroatoms. The van der Waals surface area contributed by atoms with Gasteiger partial charge in [0.15, 0.2) is 0 Å². The van der Waals surface area contributed by atoms with Crippen LogP contribution in [0.15, 0.2) is 18.2 Å². The maximum atomic E-state index is 13.4. The quantitative estimate of drug-likeness (QED) is 0.800. The second-order valence-corrected chi connectivity index (χ2v) is 6.78. The minimum absolute atomic E-state index is 0. The SMILES string of the molecule is CC(C)(C)OC(=O)N1CCC(O)(c2cc(F)cc(Cl)c2)C1.[Mg]. The van der Waals surface area contributed by atoms with Crippen molar-refractivity contribution < 1.29 is 19.0 Å². The predicted octanol–water partition coefficient (Wildman–Crippen LogP) is 2.93. The van der Waals surface area contributed by atoms with Gasteiger partial charge in [-0.3, -0.25) is 0 Å². The minimum atomic E-state index is -1.30. The Labute approximate surface area is 150 Å². The number of β-amino-alcohol motifs (C(OH)–C–C–N with tert-alkyl or cyclic N) is 1. The summed E-state index contributed by atoms with van der Waals surface area (Å²) in [6.45, 7) is 5.74. The maximum absolute atomic E-state index is 13.4. The van der Waals surface area contributed by atoms with Gasteiger partial charge in [0.1, 0.15) is 17.0 Å². The van der Waals surface area contributed by atoms with Crippen LogP contribution < -0.4 is 0 Å². The van der Waals surface area contributed by atoms with Crippen molar-refractivity contribution in [3.8, 4) is 0 Å². The van der Waals surface area contributed by atoms with E-state index in [9.17, 15) is 14.3 Å². The zero-order chi connectivity index (χ0) is 15.8. The molecule has 0 spiro atoms. The molecule has 0 saturated carbocycles. The highest BCUT2D eigenvalue weighted by Gasteiger charge is 2.41. The third-order valence-electron chi connectivity index (χ3n) is 3.30. The van der Waals surface area contributed by atoms with Gasteiger partial charge in [-0.2, -0.15) is 0 Å². The van der Waals surface area contributed by atoms with Crippen LogP contribution in [0.25, 0.3) is 0 Å². The van der Waals surface area contributed by atoms with Crippen molar-refractivity contribution in [2.75, 3.05) is 13.1 Å². The largest absolute Gasteiger partial charge is 0.444 e. The molecular formula is C15H19ClFMgNO3. The molecule has 0 aliphatic carbocycles. The van der Waals surface area contributed by atoms with Crippen LogP contribution in [0.5, 0.6) is 0 Å². The smallest absolute Gasteiger partial charge is 0.410 e. The van der Waals surface area contributed by atoms with Crippen molar-refractivity contribution in [2.24, 2.45) is 0 Å². The topological polar surface area (TPSA) is 49.8 Å². The van der Waals surface area contributed by atoms with Crippen molar-refractivity contribution in [3.63, 3.8) is 0 Å². The highest BCUT2D eigenvalue weighted by atomic mass is 35.5. The Morgan fingerprint density at radius 1 is 1.41 bits per heavy atom. The third kappa shape index (κ3) is 4.71. The molecule has 1 aliphatic heterocycles. The molecule has 4 nitrogen and oxygen atoms in total. The van der Waals surface area contributed by atoms with Gasteiger partial charge < -0.3 is 14.7 Å². The summed E-state index contributed by atoms with van der Waals surface area (Å²) >= 11 is 5.82. The normalized spacial score (nSPS) is 21.5. The maximum Gasteiger partial charge on any atom is 0.410 e. The Kier molecular flexibility index (Phi) is 6.12. The molecule has 2 rings (SSSR count). The number of carbonyl (C=O) groups is 1. The van der Waals surface area contributed by atoms with Gasteiger partial charge >= 0.3 is 6.09 Å². The number of nitrogens with zero attached hydrogens (tertiary/aromatic N) is 1. The van der Waals surface area contributed by atoms with Crippen molar-refractivity contribution in [1.82, 2.24) is 4.90 Å². The lowest BCUT2D eigenvalue weighted by molar-refractivity contribution is 0.0139. The van der Waals surface area contributed by atoms with Crippen molar-refractivity contribution in [2.45, 2.75) is 38.4 Å². The first-order valence-electron chi connectivity index (χ1n) is 6.76. The number of carbonyl (C=O) groups excluding carboxylic acids is 1. The molecule has 1 aromatic rings. The van der Waals surface area contributed by atoms with E-state index in [0.717, 1.165) is 0 Å². The first-order valence-corrected chi connectivity index (χ1v) is 7.14. The Morgan fingerprint density at radius 2 is 2.05 bits per heavy atom. The number of ether oxygens (including phenoxy) is 1. The number of aliphatic hydroxyl groups is 1. The van der Waals surface area contributed by atoms with E-state index in [-0.39, 0.29) is 34.6 Å². The first-order chi connectivity index (χ1) is 9.59. The zero-order valence-electron chi connectivity index (χ0n) is 13.0. The number of hydrogen-bond donors (Lipinski definition) is 1. The van der Waals surface area contributed by atoms with E-state index in [1.807, 2.05) is 0 Å². The molecule has 1 N–H and O–H groups in total. The van der Waals surface area contributed by atoms with E-state index in [2.05, 4.69) is 0 Å². The van der Waals surface area contributed by atoms with E-state index in [1.165, 1.54) is 23.1 Å². The van der Waals surface area contributed by atoms with Crippen LogP contribution in [0, 0.1) is 5.82 Å². The fourth-order valence-electron chi connectivity index (χ4n) is 2.33. The van der Waals surface area contributed by atoms with Crippen LogP contribution in [-0.4, -0.2) is 57.8 Å². The highest BCUT2D eigenvalue weighted by Crippen LogP contribution is 2.34. The fraction of sp³-hybridized carbons (Fsp3) is 0.533. The predicted molar refractivity (Wildman–Crippen MR) is 83.5 cm³/mol. The van der Waals surface area contributed by atoms with Crippen LogP contribution >= 0.6 is 11.6 Å². The molecule has 1 aliphatic rings. The van der Waals surface area contributed by atoms with Crippen LogP contribution in [-0.2, 0) is 10.3 Å². The van der Waals surface area contributed by atoms with Gasteiger partial charge in [-0.1, -0.05) is 11.6 Å². The zero-order valence-corrected chi connectivity index (χ0v) is 15.2. The van der Waals surface area contributed by atoms with E-state index in [1.54, 1.807) is 20.8 Å². The molecule has 118 valence electrons. The monoisotopic (exact) mass is 339 g/mol. The van der Waals surface area contributed by atoms with Crippen molar-refractivity contribution in [3.05, 3.63) is 34.6 Å². The van der Waals surface area contributed by atoms with Crippen molar-refractivity contribution >= 4 is 40.7 Å². The summed E-state index contributed by atoms with van der Waals surface area (Å²) < 4.78 is 18.7. The average Bonchev–Trinajstić information content (AvgIpc) is 2.70. The number of amides is 1. The molecule has 0 bridgehead atoms. The van der Waals surface area contributed by atoms with E-state index in [4.69, 9.17) is 16.3 Å². The summed E-state index contributed by atoms with van der Waals surface area (Å²) in [5, 5.41) is 10.9. The lowest BCUT2D eigenvalue weighted by atomic mass is 9.93. The lowest BCUT2D eigenvalue weighted by Crippen LogP contribution is -2.38. The van der Waals surface area contributed by atoms with Gasteiger partial charge in [0.25, 0.3) is 0 Å². The van der Waals surface area contributed by atoms with E-state index in [0.29, 0.717) is 18.5 Å². The number of halogens is 2. The van der Waals surface area contributed by atoms with Crippen LogP contribution in [0.2, 0.25) is 5.02 Å². The minimum Gasteiger partial charge on any atom is -0.444 e. The van der Waals surface area contributed by atoms with Crippen LogP contribution in [0.4, 0.5) is 9.18 Å². The summed E-state index contributed by atoms with van der Waals surface area (Å²) in [7, 11) is 0. The molecule has 1 atom stereocenters. The molecule has 1 fully saturated rings. The Balaban J connectivity index is 0.00000242. The summed E-state index contributed by atoms with van der Waals surface area (Å²) in [5.41, 5.74) is -1.53. The fourth-order valence-corrected chi connectivity index (χ4v) is 2.56. The van der Waals surface area contributed by atoms with Gasteiger partial charge in [0.05, 0.1) is 6.54 Å². The summed E-state index contributed by atoms with van der Waals surface area (Å²) in [5.74, 6) is -0.512. The average molecular weight is 340 g/mol. The summed E-state index contributed by atoms with van der Waals surface area (Å²) in [6.07, 6.45) is -0.174. The Bertz CT molecular complexity index is 544. The van der Waals surface area contributed by atoms with Crippen LogP contribution in [0.1, 0.15) is 32.8 Å². The second kappa shape index (κ2) is 6.91. The number of benzene rings is 1. The van der Waals surface area contributed by atoms with Gasteiger partial charge in [-0.15, -0.1) is 0 Å². The van der Waals surface area contributed by atoms with E-state index < -0.39 is 23.1 Å². The molecular weight excluding hydrogens is 321 g/mol.